The average Bonchev–Trinajstić information content (AvgIpc) is 2.61. The Kier molecular flexibility index (Phi) is 14.1. The van der Waals surface area contributed by atoms with Crippen molar-refractivity contribution in [2.45, 2.75) is 96.5 Å². The summed E-state index contributed by atoms with van der Waals surface area (Å²) in [6.45, 7) is 5.93. The Morgan fingerprint density at radius 3 is 2.17 bits per heavy atom. The summed E-state index contributed by atoms with van der Waals surface area (Å²) < 4.78 is 0. The summed E-state index contributed by atoms with van der Waals surface area (Å²) in [5, 5.41) is 21.2. The van der Waals surface area contributed by atoms with E-state index >= 15 is 0 Å². The van der Waals surface area contributed by atoms with Crippen molar-refractivity contribution in [3.8, 4) is 0 Å². The SMILES string of the molecule is C=C(CCCCCCCCC)OOOOOOOC1CCCCC1. The third kappa shape index (κ3) is 12.7. The molecule has 0 aromatic heterocycles. The lowest BCUT2D eigenvalue weighted by Crippen LogP contribution is -2.17. The Balaban J connectivity index is 1.77. The maximum atomic E-state index is 4.97. The highest BCUT2D eigenvalue weighted by Gasteiger charge is 2.15. The molecule has 24 heavy (non-hydrogen) atoms. The molecule has 0 bridgehead atoms. The van der Waals surface area contributed by atoms with Gasteiger partial charge in [0.05, 0.1) is 6.10 Å². The zero-order valence-electron chi connectivity index (χ0n) is 14.8. The van der Waals surface area contributed by atoms with Crippen LogP contribution in [0.5, 0.6) is 0 Å². The highest BCUT2D eigenvalue weighted by molar-refractivity contribution is 4.79. The lowest BCUT2D eigenvalue weighted by Gasteiger charge is -2.18. The molecule has 1 aliphatic rings. The molecule has 0 aromatic rings. The van der Waals surface area contributed by atoms with E-state index in [0.717, 1.165) is 38.5 Å². The molecule has 1 rings (SSSR count). The van der Waals surface area contributed by atoms with E-state index in [0.29, 0.717) is 12.2 Å². The minimum atomic E-state index is 0.0290. The molecule has 1 aliphatic carbocycles. The smallest absolute Gasteiger partial charge is 0.138 e. The van der Waals surface area contributed by atoms with Crippen LogP contribution < -0.4 is 0 Å². The van der Waals surface area contributed by atoms with Crippen molar-refractivity contribution in [1.82, 2.24) is 0 Å². The molecule has 0 spiro atoms. The van der Waals surface area contributed by atoms with E-state index < -0.39 is 0 Å². The summed E-state index contributed by atoms with van der Waals surface area (Å²) >= 11 is 0. The molecular weight excluding hydrogens is 316 g/mol. The molecule has 0 amide bonds. The van der Waals surface area contributed by atoms with Crippen molar-refractivity contribution in [3.05, 3.63) is 12.3 Å². The zero-order valence-corrected chi connectivity index (χ0v) is 14.8. The van der Waals surface area contributed by atoms with Crippen molar-refractivity contribution >= 4 is 0 Å². The Labute approximate surface area is 144 Å². The van der Waals surface area contributed by atoms with Gasteiger partial charge in [0.15, 0.2) is 0 Å². The maximum Gasteiger partial charge on any atom is 0.138 e. The first-order valence-electron chi connectivity index (χ1n) is 9.17. The average molecular weight is 348 g/mol. The van der Waals surface area contributed by atoms with Crippen LogP contribution in [-0.2, 0) is 35.0 Å². The fraction of sp³-hybridized carbons (Fsp3) is 0.882. The molecule has 1 saturated carbocycles. The van der Waals surface area contributed by atoms with Gasteiger partial charge in [0, 0.05) is 21.5 Å². The van der Waals surface area contributed by atoms with E-state index in [-0.39, 0.29) is 6.10 Å². The van der Waals surface area contributed by atoms with Crippen LogP contribution in [0.4, 0.5) is 0 Å². The fourth-order valence-electron chi connectivity index (χ4n) is 2.65. The second-order valence-electron chi connectivity index (χ2n) is 6.19. The lowest BCUT2D eigenvalue weighted by molar-refractivity contribution is -0.789. The Morgan fingerprint density at radius 2 is 1.42 bits per heavy atom. The first-order valence-corrected chi connectivity index (χ1v) is 9.17. The van der Waals surface area contributed by atoms with Gasteiger partial charge >= 0.3 is 0 Å². The molecule has 0 unspecified atom stereocenters. The third-order valence-electron chi connectivity index (χ3n) is 4.05. The van der Waals surface area contributed by atoms with Gasteiger partial charge in [-0.3, -0.25) is 0 Å². The zero-order chi connectivity index (χ0) is 17.3. The normalized spacial score (nSPS) is 15.5. The summed E-state index contributed by atoms with van der Waals surface area (Å²) in [4.78, 5) is 9.74. The van der Waals surface area contributed by atoms with E-state index in [4.69, 9.17) is 9.78 Å². The number of allylic oxidation sites excluding steroid dienone is 1. The molecule has 0 aromatic carbocycles. The van der Waals surface area contributed by atoms with Crippen LogP contribution in [0.25, 0.3) is 0 Å². The van der Waals surface area contributed by atoms with Crippen LogP contribution >= 0.6 is 0 Å². The maximum absolute atomic E-state index is 4.97. The molecule has 142 valence electrons. The molecule has 0 atom stereocenters. The van der Waals surface area contributed by atoms with E-state index in [9.17, 15) is 0 Å². The van der Waals surface area contributed by atoms with Crippen LogP contribution in [0.15, 0.2) is 12.3 Å². The molecule has 0 N–H and O–H groups in total. The predicted octanol–water partition coefficient (Wildman–Crippen LogP) is 5.58. The van der Waals surface area contributed by atoms with Crippen LogP contribution in [0.1, 0.15) is 90.4 Å². The molecular formula is C17H32O7. The predicted molar refractivity (Wildman–Crippen MR) is 86.2 cm³/mol. The third-order valence-corrected chi connectivity index (χ3v) is 4.05. The quantitative estimate of drug-likeness (QED) is 0.156. The van der Waals surface area contributed by atoms with Crippen LogP contribution in [0.2, 0.25) is 0 Å². The minimum Gasteiger partial charge on any atom is -0.311 e. The van der Waals surface area contributed by atoms with Gasteiger partial charge in [-0.05, 0) is 29.3 Å². The first kappa shape index (κ1) is 21.3. The molecule has 0 radical (unpaired) electrons. The standard InChI is InChI=1S/C17H32O7/c1-3-4-5-6-7-8-10-13-16(2)18-20-22-24-23-21-19-17-14-11-9-12-15-17/h17H,2-15H2,1H3. The summed E-state index contributed by atoms with van der Waals surface area (Å²) in [6.07, 6.45) is 14.7. The van der Waals surface area contributed by atoms with Crippen molar-refractivity contribution in [2.24, 2.45) is 0 Å². The molecule has 0 aliphatic heterocycles. The van der Waals surface area contributed by atoms with Crippen molar-refractivity contribution in [1.29, 1.82) is 0 Å². The highest BCUT2D eigenvalue weighted by atomic mass is 17.9. The van der Waals surface area contributed by atoms with Gasteiger partial charge in [0.25, 0.3) is 0 Å². The van der Waals surface area contributed by atoms with Gasteiger partial charge < -0.3 is 4.89 Å². The van der Waals surface area contributed by atoms with Gasteiger partial charge in [0.1, 0.15) is 5.76 Å². The van der Waals surface area contributed by atoms with Gasteiger partial charge in [-0.1, -0.05) is 71.3 Å². The van der Waals surface area contributed by atoms with Crippen LogP contribution in [0.3, 0.4) is 0 Å². The van der Waals surface area contributed by atoms with Crippen molar-refractivity contribution in [3.63, 3.8) is 0 Å². The molecule has 7 heteroatoms. The molecule has 1 fully saturated rings. The fourth-order valence-corrected chi connectivity index (χ4v) is 2.65. The van der Waals surface area contributed by atoms with Crippen molar-refractivity contribution < 1.29 is 35.0 Å². The van der Waals surface area contributed by atoms with E-state index in [2.05, 4.69) is 38.7 Å². The second-order valence-corrected chi connectivity index (χ2v) is 6.19. The summed E-state index contributed by atoms with van der Waals surface area (Å²) in [5.41, 5.74) is 0. The number of rotatable bonds is 16. The minimum absolute atomic E-state index is 0.0290. The second kappa shape index (κ2) is 15.8. The van der Waals surface area contributed by atoms with Crippen LogP contribution in [-0.4, -0.2) is 6.10 Å². The summed E-state index contributed by atoms with van der Waals surface area (Å²) in [7, 11) is 0. The number of hydrogen-bond donors (Lipinski definition) is 0. The van der Waals surface area contributed by atoms with Gasteiger partial charge in [-0.2, -0.15) is 0 Å². The van der Waals surface area contributed by atoms with E-state index in [1.54, 1.807) is 0 Å². The van der Waals surface area contributed by atoms with Crippen molar-refractivity contribution in [2.75, 3.05) is 0 Å². The summed E-state index contributed by atoms with van der Waals surface area (Å²) in [6, 6.07) is 0. The highest BCUT2D eigenvalue weighted by Crippen LogP contribution is 2.20. The topological polar surface area (TPSA) is 64.6 Å². The number of unbranched alkanes of at least 4 members (excludes halogenated alkanes) is 6. The molecule has 7 nitrogen and oxygen atoms in total. The first-order chi connectivity index (χ1) is 11.8. The summed E-state index contributed by atoms with van der Waals surface area (Å²) in [5.74, 6) is 0.464. The van der Waals surface area contributed by atoms with Gasteiger partial charge in [-0.15, -0.1) is 0 Å². The largest absolute Gasteiger partial charge is 0.311 e. The van der Waals surface area contributed by atoms with E-state index in [1.165, 1.54) is 38.5 Å². The van der Waals surface area contributed by atoms with Crippen LogP contribution in [0, 0.1) is 0 Å². The Hall–Kier alpha value is -0.700. The molecule has 0 saturated heterocycles. The lowest BCUT2D eigenvalue weighted by atomic mass is 9.98. The van der Waals surface area contributed by atoms with Gasteiger partial charge in [-0.25, -0.2) is 4.89 Å². The van der Waals surface area contributed by atoms with E-state index in [1.807, 2.05) is 0 Å². The van der Waals surface area contributed by atoms with Gasteiger partial charge in [0.2, 0.25) is 0 Å². The number of hydrogen-bond acceptors (Lipinski definition) is 7. The monoisotopic (exact) mass is 348 g/mol. The molecule has 0 heterocycles. The Morgan fingerprint density at radius 1 is 0.792 bits per heavy atom. The Bertz CT molecular complexity index is 293.